The van der Waals surface area contributed by atoms with E-state index in [9.17, 15) is 4.39 Å². The summed E-state index contributed by atoms with van der Waals surface area (Å²) < 4.78 is 13.8. The lowest BCUT2D eigenvalue weighted by atomic mass is 10.3. The highest BCUT2D eigenvalue weighted by Gasteiger charge is 2.17. The van der Waals surface area contributed by atoms with Crippen LogP contribution in [0.4, 0.5) is 4.39 Å². The molecule has 0 aliphatic rings. The molecule has 0 saturated heterocycles. The highest BCUT2D eigenvalue weighted by Crippen LogP contribution is 2.33. The Morgan fingerprint density at radius 3 is 1.67 bits per heavy atom. The minimum absolute atomic E-state index is 0.162. The zero-order valence-electron chi connectivity index (χ0n) is 11.2. The molecule has 0 saturated carbocycles. The maximum atomic E-state index is 13.8. The van der Waals surface area contributed by atoms with Crippen LogP contribution in [0.5, 0.6) is 0 Å². The SMILES string of the molecule is Fc1cc(P(c2ccccc2)c2ccccc2)ccc1Cl. The molecule has 0 aliphatic carbocycles. The molecule has 0 N–H and O–H groups in total. The second kappa shape index (κ2) is 6.39. The monoisotopic (exact) mass is 314 g/mol. The molecule has 0 atom stereocenters. The van der Waals surface area contributed by atoms with Crippen LogP contribution in [0.2, 0.25) is 5.02 Å². The van der Waals surface area contributed by atoms with Crippen LogP contribution in [-0.4, -0.2) is 0 Å². The minimum atomic E-state index is -0.773. The van der Waals surface area contributed by atoms with Gasteiger partial charge in [-0.25, -0.2) is 4.39 Å². The van der Waals surface area contributed by atoms with Crippen LogP contribution in [0.1, 0.15) is 0 Å². The van der Waals surface area contributed by atoms with Gasteiger partial charge in [0, 0.05) is 0 Å². The van der Waals surface area contributed by atoms with Gasteiger partial charge in [0.25, 0.3) is 0 Å². The fourth-order valence-corrected chi connectivity index (χ4v) is 4.64. The smallest absolute Gasteiger partial charge is 0.142 e. The summed E-state index contributed by atoms with van der Waals surface area (Å²) in [5.74, 6) is -0.367. The maximum Gasteiger partial charge on any atom is 0.142 e. The van der Waals surface area contributed by atoms with Crippen LogP contribution in [-0.2, 0) is 0 Å². The van der Waals surface area contributed by atoms with Crippen LogP contribution in [0, 0.1) is 5.82 Å². The molecule has 0 nitrogen and oxygen atoms in total. The standard InChI is InChI=1S/C18H13ClFP/c19-17-12-11-16(13-18(17)20)21(14-7-3-1-4-8-14)15-9-5-2-6-10-15/h1-13H. The molecular weight excluding hydrogens is 302 g/mol. The predicted octanol–water partition coefficient (Wildman–Crippen LogP) is 4.24. The fraction of sp³-hybridized carbons (Fsp3) is 0. The van der Waals surface area contributed by atoms with Crippen molar-refractivity contribution in [2.24, 2.45) is 0 Å². The number of hydrogen-bond donors (Lipinski definition) is 0. The molecule has 21 heavy (non-hydrogen) atoms. The highest BCUT2D eigenvalue weighted by atomic mass is 35.5. The summed E-state index contributed by atoms with van der Waals surface area (Å²) in [5, 5.41) is 3.51. The first-order valence-corrected chi connectivity index (χ1v) is 8.33. The van der Waals surface area contributed by atoms with E-state index >= 15 is 0 Å². The molecule has 0 unspecified atom stereocenters. The minimum Gasteiger partial charge on any atom is -0.205 e. The van der Waals surface area contributed by atoms with Gasteiger partial charge in [0.2, 0.25) is 0 Å². The second-order valence-electron chi connectivity index (χ2n) is 4.60. The largest absolute Gasteiger partial charge is 0.205 e. The molecule has 104 valence electrons. The van der Waals surface area contributed by atoms with Crippen molar-refractivity contribution in [1.82, 2.24) is 0 Å². The quantitative estimate of drug-likeness (QED) is 0.634. The summed E-state index contributed by atoms with van der Waals surface area (Å²) >= 11 is 5.81. The van der Waals surface area contributed by atoms with Crippen LogP contribution in [0.3, 0.4) is 0 Å². The molecule has 3 aromatic rings. The summed E-state index contributed by atoms with van der Waals surface area (Å²) in [6, 6.07) is 25.5. The van der Waals surface area contributed by atoms with Crippen molar-refractivity contribution in [3.05, 3.63) is 89.7 Å². The first-order valence-electron chi connectivity index (χ1n) is 6.61. The van der Waals surface area contributed by atoms with Gasteiger partial charge in [-0.3, -0.25) is 0 Å². The average molecular weight is 315 g/mol. The molecule has 0 aromatic heterocycles. The van der Waals surface area contributed by atoms with Crippen LogP contribution < -0.4 is 15.9 Å². The van der Waals surface area contributed by atoms with Crippen molar-refractivity contribution < 1.29 is 4.39 Å². The van der Waals surface area contributed by atoms with E-state index in [2.05, 4.69) is 24.3 Å². The van der Waals surface area contributed by atoms with Crippen LogP contribution >= 0.6 is 19.5 Å². The molecule has 0 radical (unpaired) electrons. The number of hydrogen-bond acceptors (Lipinski definition) is 0. The Labute approximate surface area is 130 Å². The molecule has 3 aromatic carbocycles. The van der Waals surface area contributed by atoms with Crippen molar-refractivity contribution >= 4 is 35.4 Å². The first kappa shape index (κ1) is 14.3. The average Bonchev–Trinajstić information content (AvgIpc) is 2.53. The summed E-state index contributed by atoms with van der Waals surface area (Å²) in [6.45, 7) is 0. The van der Waals surface area contributed by atoms with Gasteiger partial charge >= 0.3 is 0 Å². The molecule has 0 amide bonds. The summed E-state index contributed by atoms with van der Waals surface area (Å²) in [5.41, 5.74) is 0. The highest BCUT2D eigenvalue weighted by molar-refractivity contribution is 7.79. The molecule has 0 aliphatic heterocycles. The zero-order chi connectivity index (χ0) is 14.7. The van der Waals surface area contributed by atoms with Crippen molar-refractivity contribution in [1.29, 1.82) is 0 Å². The normalized spacial score (nSPS) is 10.8. The Morgan fingerprint density at radius 2 is 1.19 bits per heavy atom. The van der Waals surface area contributed by atoms with Gasteiger partial charge < -0.3 is 0 Å². The van der Waals surface area contributed by atoms with Gasteiger partial charge in [0.1, 0.15) is 5.82 Å². The topological polar surface area (TPSA) is 0 Å². The molecule has 0 bridgehead atoms. The molecule has 0 fully saturated rings. The molecule has 3 rings (SSSR count). The first-order chi connectivity index (χ1) is 10.3. The van der Waals surface area contributed by atoms with E-state index < -0.39 is 7.92 Å². The summed E-state index contributed by atoms with van der Waals surface area (Å²) in [7, 11) is -0.773. The van der Waals surface area contributed by atoms with E-state index in [4.69, 9.17) is 11.6 Å². The van der Waals surface area contributed by atoms with E-state index in [0.717, 1.165) is 5.30 Å². The molecule has 0 spiro atoms. The zero-order valence-corrected chi connectivity index (χ0v) is 12.9. The lowest BCUT2D eigenvalue weighted by molar-refractivity contribution is 0.629. The van der Waals surface area contributed by atoms with Gasteiger partial charge in [0.15, 0.2) is 0 Å². The van der Waals surface area contributed by atoms with E-state index in [1.807, 2.05) is 42.5 Å². The molecule has 3 heteroatoms. The Hall–Kier alpha value is -1.69. The lowest BCUT2D eigenvalue weighted by Gasteiger charge is -2.19. The Morgan fingerprint density at radius 1 is 0.667 bits per heavy atom. The summed E-state index contributed by atoms with van der Waals surface area (Å²) in [6.07, 6.45) is 0. The molecule has 0 heterocycles. The van der Waals surface area contributed by atoms with E-state index in [-0.39, 0.29) is 10.8 Å². The number of benzene rings is 3. The van der Waals surface area contributed by atoms with E-state index in [1.54, 1.807) is 12.1 Å². The summed E-state index contributed by atoms with van der Waals surface area (Å²) in [4.78, 5) is 0. The third kappa shape index (κ3) is 3.15. The van der Waals surface area contributed by atoms with Crippen LogP contribution in [0.25, 0.3) is 0 Å². The Bertz CT molecular complexity index is 689. The van der Waals surface area contributed by atoms with E-state index in [1.165, 1.54) is 10.6 Å². The van der Waals surface area contributed by atoms with Gasteiger partial charge in [-0.2, -0.15) is 0 Å². The van der Waals surface area contributed by atoms with Crippen molar-refractivity contribution in [2.75, 3.05) is 0 Å². The fourth-order valence-electron chi connectivity index (χ4n) is 2.23. The van der Waals surface area contributed by atoms with E-state index in [0.29, 0.717) is 0 Å². The second-order valence-corrected chi connectivity index (χ2v) is 7.23. The third-order valence-corrected chi connectivity index (χ3v) is 5.92. The van der Waals surface area contributed by atoms with Crippen molar-refractivity contribution in [3.63, 3.8) is 0 Å². The third-order valence-electron chi connectivity index (χ3n) is 3.19. The van der Waals surface area contributed by atoms with Gasteiger partial charge in [-0.15, -0.1) is 0 Å². The predicted molar refractivity (Wildman–Crippen MR) is 90.1 cm³/mol. The van der Waals surface area contributed by atoms with Gasteiger partial charge in [-0.05, 0) is 36.0 Å². The maximum absolute atomic E-state index is 13.8. The number of rotatable bonds is 3. The van der Waals surface area contributed by atoms with Crippen LogP contribution in [0.15, 0.2) is 78.9 Å². The lowest BCUT2D eigenvalue weighted by Crippen LogP contribution is -2.20. The van der Waals surface area contributed by atoms with Crippen molar-refractivity contribution in [2.45, 2.75) is 0 Å². The van der Waals surface area contributed by atoms with Gasteiger partial charge in [-0.1, -0.05) is 78.3 Å². The molecular formula is C18H13ClFP. The van der Waals surface area contributed by atoms with Gasteiger partial charge in [0.05, 0.1) is 5.02 Å². The Kier molecular flexibility index (Phi) is 4.34. The van der Waals surface area contributed by atoms with Crippen molar-refractivity contribution in [3.8, 4) is 0 Å². The number of halogens is 2. The Balaban J connectivity index is 2.14.